The van der Waals surface area contributed by atoms with Crippen molar-refractivity contribution in [3.8, 4) is 0 Å². The number of benzene rings is 2. The van der Waals surface area contributed by atoms with E-state index in [-0.39, 0.29) is 29.8 Å². The van der Waals surface area contributed by atoms with Crippen LogP contribution in [0.2, 0.25) is 0 Å². The van der Waals surface area contributed by atoms with Gasteiger partial charge in [0.15, 0.2) is 0 Å². The summed E-state index contributed by atoms with van der Waals surface area (Å²) in [6.07, 6.45) is 1.43. The lowest BCUT2D eigenvalue weighted by molar-refractivity contribution is -0.127. The number of likely N-dealkylation sites (tertiary alicyclic amines) is 1. The molecule has 3 N–H and O–H groups in total. The molecule has 1 aliphatic heterocycles. The number of primary amides is 1. The summed E-state index contributed by atoms with van der Waals surface area (Å²) < 4.78 is 0. The maximum atomic E-state index is 13.0. The largest absolute Gasteiger partial charge is 0.369 e. The van der Waals surface area contributed by atoms with Gasteiger partial charge in [-0.3, -0.25) is 14.5 Å². The number of amides is 2. The second kappa shape index (κ2) is 8.82. The lowest BCUT2D eigenvalue weighted by Gasteiger charge is -2.35. The van der Waals surface area contributed by atoms with Crippen molar-refractivity contribution >= 4 is 11.8 Å². The van der Waals surface area contributed by atoms with Crippen molar-refractivity contribution in [2.24, 2.45) is 11.7 Å². The Kier molecular flexibility index (Phi) is 6.24. The van der Waals surface area contributed by atoms with Gasteiger partial charge in [0.25, 0.3) is 0 Å². The molecular weight excluding hydrogens is 338 g/mol. The van der Waals surface area contributed by atoms with E-state index in [0.29, 0.717) is 25.9 Å². The van der Waals surface area contributed by atoms with Gasteiger partial charge in [-0.25, -0.2) is 0 Å². The van der Waals surface area contributed by atoms with Crippen molar-refractivity contribution < 1.29 is 9.59 Å². The minimum Gasteiger partial charge on any atom is -0.369 e. The molecule has 0 saturated carbocycles. The fraction of sp³-hybridized carbons (Fsp3) is 0.364. The Hall–Kier alpha value is -2.66. The highest BCUT2D eigenvalue weighted by Crippen LogP contribution is 2.23. The third kappa shape index (κ3) is 4.74. The fourth-order valence-electron chi connectivity index (χ4n) is 3.65. The number of carbonyl (C=O) groups excluding carboxylic acids is 2. The summed E-state index contributed by atoms with van der Waals surface area (Å²) in [4.78, 5) is 26.4. The molecule has 5 nitrogen and oxygen atoms in total. The molecule has 1 aliphatic rings. The van der Waals surface area contributed by atoms with Crippen molar-refractivity contribution in [2.75, 3.05) is 13.1 Å². The Morgan fingerprint density at radius 1 is 0.963 bits per heavy atom. The third-order valence-corrected chi connectivity index (χ3v) is 5.41. The van der Waals surface area contributed by atoms with Crippen molar-refractivity contribution in [3.05, 3.63) is 71.8 Å². The molecule has 0 aromatic heterocycles. The van der Waals surface area contributed by atoms with Crippen LogP contribution < -0.4 is 11.1 Å². The number of nitrogens with one attached hydrogen (secondary N) is 1. The average Bonchev–Trinajstić information content (AvgIpc) is 2.72. The molecule has 0 radical (unpaired) electrons. The van der Waals surface area contributed by atoms with Crippen molar-refractivity contribution in [1.29, 1.82) is 0 Å². The zero-order valence-corrected chi connectivity index (χ0v) is 15.7. The lowest BCUT2D eigenvalue weighted by atomic mass is 9.95. The molecule has 1 atom stereocenters. The molecule has 1 saturated heterocycles. The highest BCUT2D eigenvalue weighted by Gasteiger charge is 2.30. The van der Waals surface area contributed by atoms with E-state index in [1.54, 1.807) is 0 Å². The van der Waals surface area contributed by atoms with Gasteiger partial charge in [0, 0.05) is 5.92 Å². The molecule has 5 heteroatoms. The summed E-state index contributed by atoms with van der Waals surface area (Å²) >= 11 is 0. The molecule has 2 amide bonds. The SMILES string of the molecule is C[C@@H](C(=O)NC(c1ccccc1)c1ccccc1)N1CCC(C(N)=O)CC1. The molecule has 2 aromatic rings. The van der Waals surface area contributed by atoms with E-state index in [4.69, 9.17) is 5.73 Å². The zero-order chi connectivity index (χ0) is 19.2. The second-order valence-corrected chi connectivity index (χ2v) is 7.15. The molecule has 1 fully saturated rings. The second-order valence-electron chi connectivity index (χ2n) is 7.15. The zero-order valence-electron chi connectivity index (χ0n) is 15.7. The van der Waals surface area contributed by atoms with Gasteiger partial charge < -0.3 is 11.1 Å². The highest BCUT2D eigenvalue weighted by molar-refractivity contribution is 5.82. The van der Waals surface area contributed by atoms with Crippen molar-refractivity contribution in [3.63, 3.8) is 0 Å². The van der Waals surface area contributed by atoms with Gasteiger partial charge in [0.1, 0.15) is 0 Å². The molecule has 0 bridgehead atoms. The summed E-state index contributed by atoms with van der Waals surface area (Å²) in [5.74, 6) is -0.317. The monoisotopic (exact) mass is 365 g/mol. The minimum atomic E-state index is -0.256. The van der Waals surface area contributed by atoms with Crippen molar-refractivity contribution in [2.45, 2.75) is 31.8 Å². The first-order chi connectivity index (χ1) is 13.1. The number of hydrogen-bond acceptors (Lipinski definition) is 3. The summed E-state index contributed by atoms with van der Waals surface area (Å²) in [5, 5.41) is 3.21. The topological polar surface area (TPSA) is 75.4 Å². The Balaban J connectivity index is 1.70. The third-order valence-electron chi connectivity index (χ3n) is 5.41. The maximum Gasteiger partial charge on any atom is 0.237 e. The maximum absolute atomic E-state index is 13.0. The van der Waals surface area contributed by atoms with E-state index in [1.165, 1.54) is 0 Å². The number of hydrogen-bond donors (Lipinski definition) is 2. The Morgan fingerprint density at radius 2 is 1.44 bits per heavy atom. The van der Waals surface area contributed by atoms with E-state index in [2.05, 4.69) is 10.2 Å². The van der Waals surface area contributed by atoms with E-state index < -0.39 is 0 Å². The van der Waals surface area contributed by atoms with Gasteiger partial charge in [-0.1, -0.05) is 60.7 Å². The van der Waals surface area contributed by atoms with Gasteiger partial charge >= 0.3 is 0 Å². The minimum absolute atomic E-state index is 0.00905. The quantitative estimate of drug-likeness (QED) is 0.826. The number of nitrogens with two attached hydrogens (primary N) is 1. The molecule has 0 spiro atoms. The Bertz CT molecular complexity index is 716. The van der Waals surface area contributed by atoms with Gasteiger partial charge in [0.05, 0.1) is 12.1 Å². The van der Waals surface area contributed by atoms with Crippen LogP contribution in [-0.2, 0) is 9.59 Å². The summed E-state index contributed by atoms with van der Waals surface area (Å²) in [7, 11) is 0. The first-order valence-corrected chi connectivity index (χ1v) is 9.50. The number of nitrogens with zero attached hydrogens (tertiary/aromatic N) is 1. The molecular formula is C22H27N3O2. The first-order valence-electron chi connectivity index (χ1n) is 9.50. The predicted octanol–water partition coefficient (Wildman–Crippen LogP) is 2.48. The fourth-order valence-corrected chi connectivity index (χ4v) is 3.65. The van der Waals surface area contributed by atoms with Crippen molar-refractivity contribution in [1.82, 2.24) is 10.2 Å². The van der Waals surface area contributed by atoms with Crippen LogP contribution in [0.1, 0.15) is 36.9 Å². The van der Waals surface area contributed by atoms with Gasteiger partial charge in [0.2, 0.25) is 11.8 Å². The Morgan fingerprint density at radius 3 is 1.89 bits per heavy atom. The van der Waals surface area contributed by atoms with Gasteiger partial charge in [-0.05, 0) is 44.0 Å². The molecule has 3 rings (SSSR count). The average molecular weight is 365 g/mol. The van der Waals surface area contributed by atoms with Crippen LogP contribution in [0.5, 0.6) is 0 Å². The summed E-state index contributed by atoms with van der Waals surface area (Å²) in [5.41, 5.74) is 7.51. The Labute approximate surface area is 160 Å². The van der Waals surface area contributed by atoms with E-state index in [1.807, 2.05) is 67.6 Å². The number of carbonyl (C=O) groups is 2. The number of piperidine rings is 1. The van der Waals surface area contributed by atoms with Gasteiger partial charge in [-0.15, -0.1) is 0 Å². The smallest absolute Gasteiger partial charge is 0.237 e. The van der Waals surface area contributed by atoms with Crippen LogP contribution in [0.15, 0.2) is 60.7 Å². The van der Waals surface area contributed by atoms with E-state index in [9.17, 15) is 9.59 Å². The molecule has 1 heterocycles. The lowest BCUT2D eigenvalue weighted by Crippen LogP contribution is -2.50. The van der Waals surface area contributed by atoms with Crippen LogP contribution in [0.3, 0.4) is 0 Å². The van der Waals surface area contributed by atoms with Crippen LogP contribution in [0.25, 0.3) is 0 Å². The molecule has 27 heavy (non-hydrogen) atoms. The van der Waals surface area contributed by atoms with E-state index >= 15 is 0 Å². The molecule has 0 aliphatic carbocycles. The predicted molar refractivity (Wildman–Crippen MR) is 106 cm³/mol. The summed E-state index contributed by atoms with van der Waals surface area (Å²) in [6, 6.07) is 19.5. The van der Waals surface area contributed by atoms with Crippen LogP contribution in [0.4, 0.5) is 0 Å². The van der Waals surface area contributed by atoms with E-state index in [0.717, 1.165) is 11.1 Å². The number of rotatable bonds is 6. The van der Waals surface area contributed by atoms with Gasteiger partial charge in [-0.2, -0.15) is 0 Å². The molecule has 0 unspecified atom stereocenters. The van der Waals surface area contributed by atoms with Crippen LogP contribution >= 0.6 is 0 Å². The summed E-state index contributed by atoms with van der Waals surface area (Å²) in [6.45, 7) is 3.35. The van der Waals surface area contributed by atoms with Crippen LogP contribution in [0, 0.1) is 5.92 Å². The van der Waals surface area contributed by atoms with Crippen LogP contribution in [-0.4, -0.2) is 35.8 Å². The first kappa shape index (κ1) is 19.1. The standard InChI is InChI=1S/C22H27N3O2/c1-16(25-14-12-19(13-15-25)21(23)26)22(27)24-20(17-8-4-2-5-9-17)18-10-6-3-7-11-18/h2-11,16,19-20H,12-15H2,1H3,(H2,23,26)(H,24,27)/t16-/m0/s1. The highest BCUT2D eigenvalue weighted by atomic mass is 16.2. The molecule has 142 valence electrons. The normalized spacial score (nSPS) is 16.8. The molecule has 2 aromatic carbocycles.